The molecule has 8 heteroatoms. The monoisotopic (exact) mass is 306 g/mol. The van der Waals surface area contributed by atoms with Crippen molar-refractivity contribution in [3.05, 3.63) is 0 Å². The molecule has 0 amide bonds. The molecule has 1 saturated carbocycles. The van der Waals surface area contributed by atoms with Crippen LogP contribution in [0.15, 0.2) is 0 Å². The molecule has 0 spiro atoms. The predicted octanol–water partition coefficient (Wildman–Crippen LogP) is 0.137. The highest BCUT2D eigenvalue weighted by atomic mass is 32.2. The van der Waals surface area contributed by atoms with E-state index in [4.69, 9.17) is 9.84 Å². The van der Waals surface area contributed by atoms with Crippen molar-refractivity contribution in [2.75, 3.05) is 26.2 Å². The second kappa shape index (κ2) is 5.97. The van der Waals surface area contributed by atoms with Crippen LogP contribution >= 0.6 is 0 Å². The number of carbonyl (C=O) groups is 1. The maximum absolute atomic E-state index is 12.6. The van der Waals surface area contributed by atoms with E-state index in [1.807, 2.05) is 13.8 Å². The summed E-state index contributed by atoms with van der Waals surface area (Å²) in [7, 11) is -3.73. The summed E-state index contributed by atoms with van der Waals surface area (Å²) in [5.41, 5.74) is 0. The maximum Gasteiger partial charge on any atom is 0.318 e. The molecule has 0 bridgehead atoms. The number of hydrogen-bond acceptors (Lipinski definition) is 4. The molecule has 0 radical (unpaired) electrons. The first kappa shape index (κ1) is 15.7. The summed E-state index contributed by atoms with van der Waals surface area (Å²) in [4.78, 5) is 10.9. The van der Waals surface area contributed by atoms with Gasteiger partial charge in [0, 0.05) is 19.6 Å². The summed E-state index contributed by atoms with van der Waals surface area (Å²) in [5, 5.41) is 8.93. The topological polar surface area (TPSA) is 87.2 Å². The van der Waals surface area contributed by atoms with Gasteiger partial charge in [-0.15, -0.1) is 0 Å². The van der Waals surface area contributed by atoms with E-state index >= 15 is 0 Å². The average Bonchev–Trinajstić information content (AvgIpc) is 3.10. The highest BCUT2D eigenvalue weighted by Gasteiger charge is 2.38. The van der Waals surface area contributed by atoms with Crippen molar-refractivity contribution < 1.29 is 23.1 Å². The third-order valence-corrected chi connectivity index (χ3v) is 5.39. The molecular weight excluding hydrogens is 284 g/mol. The van der Waals surface area contributed by atoms with E-state index < -0.39 is 22.7 Å². The molecule has 2 unspecified atom stereocenters. The van der Waals surface area contributed by atoms with Crippen LogP contribution in [0.25, 0.3) is 0 Å². The molecule has 1 N–H and O–H groups in total. The van der Waals surface area contributed by atoms with Crippen molar-refractivity contribution >= 4 is 16.2 Å². The Hall–Kier alpha value is -0.700. The van der Waals surface area contributed by atoms with Crippen LogP contribution < -0.4 is 0 Å². The molecule has 0 aromatic carbocycles. The van der Waals surface area contributed by atoms with Gasteiger partial charge in [0.05, 0.1) is 12.2 Å². The highest BCUT2D eigenvalue weighted by molar-refractivity contribution is 7.86. The van der Waals surface area contributed by atoms with Crippen LogP contribution in [0.5, 0.6) is 0 Å². The average molecular weight is 306 g/mol. The zero-order valence-corrected chi connectivity index (χ0v) is 12.7. The predicted molar refractivity (Wildman–Crippen MR) is 72.4 cm³/mol. The minimum absolute atomic E-state index is 0.180. The number of aliphatic carboxylic acids is 1. The Morgan fingerprint density at radius 3 is 2.30 bits per heavy atom. The summed E-state index contributed by atoms with van der Waals surface area (Å²) in [5.74, 6) is -0.816. The van der Waals surface area contributed by atoms with Crippen molar-refractivity contribution in [2.45, 2.75) is 38.9 Å². The number of hydrogen-bond donors (Lipinski definition) is 1. The molecule has 1 saturated heterocycles. The van der Waals surface area contributed by atoms with Crippen LogP contribution in [-0.2, 0) is 19.7 Å². The van der Waals surface area contributed by atoms with E-state index in [1.54, 1.807) is 0 Å². The van der Waals surface area contributed by atoms with Gasteiger partial charge in [-0.05, 0) is 32.6 Å². The summed E-state index contributed by atoms with van der Waals surface area (Å²) in [6.07, 6.45) is 1.59. The maximum atomic E-state index is 12.6. The molecule has 2 aliphatic rings. The van der Waals surface area contributed by atoms with E-state index in [-0.39, 0.29) is 25.3 Å². The normalized spacial score (nSPS) is 28.8. The first-order valence-electron chi connectivity index (χ1n) is 6.91. The smallest absolute Gasteiger partial charge is 0.318 e. The molecule has 20 heavy (non-hydrogen) atoms. The lowest BCUT2D eigenvalue weighted by Crippen LogP contribution is -2.54. The number of nitrogens with zero attached hydrogens (tertiary/aromatic N) is 2. The Morgan fingerprint density at radius 1 is 1.30 bits per heavy atom. The fraction of sp³-hybridized carbons (Fsp3) is 0.917. The van der Waals surface area contributed by atoms with Crippen molar-refractivity contribution in [3.63, 3.8) is 0 Å². The van der Waals surface area contributed by atoms with Gasteiger partial charge in [-0.25, -0.2) is 0 Å². The zero-order chi connectivity index (χ0) is 14.9. The number of ether oxygens (including phenoxy) is 1. The largest absolute Gasteiger partial charge is 0.480 e. The molecule has 116 valence electrons. The Morgan fingerprint density at radius 2 is 1.85 bits per heavy atom. The molecule has 2 fully saturated rings. The Balaban J connectivity index is 2.13. The van der Waals surface area contributed by atoms with Gasteiger partial charge in [-0.1, -0.05) is 0 Å². The number of rotatable bonds is 6. The summed E-state index contributed by atoms with van der Waals surface area (Å²) < 4.78 is 33.2. The lowest BCUT2D eigenvalue weighted by atomic mass is 10.3. The first-order chi connectivity index (χ1) is 9.29. The third kappa shape index (κ3) is 3.91. The van der Waals surface area contributed by atoms with Crippen LogP contribution in [0.1, 0.15) is 26.7 Å². The Labute approximate surface area is 119 Å². The van der Waals surface area contributed by atoms with Crippen LogP contribution in [0.2, 0.25) is 0 Å². The van der Waals surface area contributed by atoms with Crippen molar-refractivity contribution in [1.82, 2.24) is 8.61 Å². The first-order valence-corrected chi connectivity index (χ1v) is 8.31. The van der Waals surface area contributed by atoms with E-state index in [1.165, 1.54) is 4.31 Å². The number of carboxylic acid groups (broad SMARTS) is 1. The van der Waals surface area contributed by atoms with Gasteiger partial charge < -0.3 is 9.84 Å². The minimum Gasteiger partial charge on any atom is -0.480 e. The van der Waals surface area contributed by atoms with Crippen LogP contribution in [0.3, 0.4) is 0 Å². The van der Waals surface area contributed by atoms with Gasteiger partial charge in [-0.2, -0.15) is 17.0 Å². The summed E-state index contributed by atoms with van der Waals surface area (Å²) in [6, 6.07) is 0. The molecular formula is C12H22N2O5S. The number of morpholine rings is 1. The second-order valence-electron chi connectivity index (χ2n) is 5.71. The van der Waals surface area contributed by atoms with Gasteiger partial charge in [0.2, 0.25) is 0 Å². The van der Waals surface area contributed by atoms with Gasteiger partial charge in [0.1, 0.15) is 6.54 Å². The van der Waals surface area contributed by atoms with Crippen molar-refractivity contribution in [3.8, 4) is 0 Å². The summed E-state index contributed by atoms with van der Waals surface area (Å²) in [6.45, 7) is 4.01. The fourth-order valence-corrected chi connectivity index (χ4v) is 4.26. The molecule has 1 aliphatic heterocycles. The highest BCUT2D eigenvalue weighted by Crippen LogP contribution is 2.31. The third-order valence-electron chi connectivity index (χ3n) is 3.51. The molecule has 0 aromatic heterocycles. The van der Waals surface area contributed by atoms with Gasteiger partial charge in [-0.3, -0.25) is 4.79 Å². The summed E-state index contributed by atoms with van der Waals surface area (Å²) >= 11 is 0. The van der Waals surface area contributed by atoms with Crippen molar-refractivity contribution in [2.24, 2.45) is 5.92 Å². The molecule has 1 heterocycles. The Kier molecular flexibility index (Phi) is 4.68. The van der Waals surface area contributed by atoms with E-state index in [0.29, 0.717) is 12.5 Å². The van der Waals surface area contributed by atoms with Crippen LogP contribution in [-0.4, -0.2) is 66.5 Å². The van der Waals surface area contributed by atoms with Crippen molar-refractivity contribution in [1.29, 1.82) is 0 Å². The Bertz CT molecular complexity index is 452. The lowest BCUT2D eigenvalue weighted by Gasteiger charge is -2.37. The van der Waals surface area contributed by atoms with Gasteiger partial charge in [0.25, 0.3) is 10.2 Å². The zero-order valence-electron chi connectivity index (χ0n) is 11.9. The molecule has 2 atom stereocenters. The van der Waals surface area contributed by atoms with Gasteiger partial charge >= 0.3 is 5.97 Å². The molecule has 7 nitrogen and oxygen atoms in total. The quantitative estimate of drug-likeness (QED) is 0.754. The molecule has 2 rings (SSSR count). The van der Waals surface area contributed by atoms with E-state index in [9.17, 15) is 13.2 Å². The standard InChI is InChI=1S/C12H22N2O5S/c1-9-5-13(6-10(2)19-9)20(17,18)14(8-12(15)16)7-11-3-4-11/h9-11H,3-8H2,1-2H3,(H,15,16). The van der Waals surface area contributed by atoms with E-state index in [0.717, 1.165) is 17.1 Å². The van der Waals surface area contributed by atoms with E-state index in [2.05, 4.69) is 0 Å². The van der Waals surface area contributed by atoms with Crippen LogP contribution in [0, 0.1) is 5.92 Å². The SMILES string of the molecule is CC1CN(S(=O)(=O)N(CC(=O)O)CC2CC2)CC(C)O1. The molecule has 0 aromatic rings. The number of carboxylic acids is 1. The second-order valence-corrected chi connectivity index (χ2v) is 7.64. The minimum atomic E-state index is -3.73. The van der Waals surface area contributed by atoms with Gasteiger partial charge in [0.15, 0.2) is 0 Å². The van der Waals surface area contributed by atoms with Crippen LogP contribution in [0.4, 0.5) is 0 Å². The lowest BCUT2D eigenvalue weighted by molar-refractivity contribution is -0.137. The molecule has 1 aliphatic carbocycles. The fourth-order valence-electron chi connectivity index (χ4n) is 2.46.